The number of ether oxygens (including phenoxy) is 3. The smallest absolute Gasteiger partial charge is 0.328 e. The van der Waals surface area contributed by atoms with Gasteiger partial charge in [-0.2, -0.15) is 0 Å². The predicted molar refractivity (Wildman–Crippen MR) is 220 cm³/mol. The molecular formula is C44H61N4O10+. The zero-order valence-electron chi connectivity index (χ0n) is 35.4. The van der Waals surface area contributed by atoms with Crippen LogP contribution in [0.2, 0.25) is 0 Å². The molecule has 3 amide bonds. The van der Waals surface area contributed by atoms with Crippen LogP contribution in [-0.4, -0.2) is 127 Å². The van der Waals surface area contributed by atoms with Crippen molar-refractivity contribution in [3.8, 4) is 17.2 Å². The summed E-state index contributed by atoms with van der Waals surface area (Å²) in [5.74, 6) is -2.91. The number of rotatable bonds is 20. The number of phenols is 1. The zero-order valence-corrected chi connectivity index (χ0v) is 35.4. The van der Waals surface area contributed by atoms with Crippen molar-refractivity contribution in [2.45, 2.75) is 83.6 Å². The molecule has 6 atom stereocenters. The van der Waals surface area contributed by atoms with Gasteiger partial charge < -0.3 is 39.5 Å². The van der Waals surface area contributed by atoms with Crippen LogP contribution in [0.15, 0.2) is 72.8 Å². The van der Waals surface area contributed by atoms with Gasteiger partial charge in [0.2, 0.25) is 11.8 Å². The molecule has 58 heavy (non-hydrogen) atoms. The number of likely N-dealkylation sites (N-methyl/N-ethyl adjacent to an activating group) is 3. The van der Waals surface area contributed by atoms with Gasteiger partial charge in [0, 0.05) is 45.0 Å². The lowest BCUT2D eigenvalue weighted by Crippen LogP contribution is -2.59. The molecule has 0 aliphatic heterocycles. The van der Waals surface area contributed by atoms with Crippen molar-refractivity contribution in [1.82, 2.24) is 20.0 Å². The van der Waals surface area contributed by atoms with Crippen LogP contribution in [0.4, 0.5) is 0 Å². The monoisotopic (exact) mass is 805 g/mol. The number of nitrogens with zero attached hydrogens (tertiary/aromatic N) is 3. The number of methoxy groups -OCH3 is 2. The minimum Gasteiger partial charge on any atom is -0.593 e. The van der Waals surface area contributed by atoms with Gasteiger partial charge in [0.05, 0.1) is 14.2 Å². The molecule has 0 saturated heterocycles. The second kappa shape index (κ2) is 21.8. The van der Waals surface area contributed by atoms with Crippen molar-refractivity contribution >= 4 is 29.7 Å². The van der Waals surface area contributed by atoms with Gasteiger partial charge in [-0.05, 0) is 85.9 Å². The number of benzene rings is 3. The molecule has 3 aromatic carbocycles. The Bertz CT molecular complexity index is 1820. The normalized spacial score (nSPS) is 14.3. The van der Waals surface area contributed by atoms with Crippen molar-refractivity contribution < 1.29 is 48.4 Å². The van der Waals surface area contributed by atoms with Crippen LogP contribution in [0.5, 0.6) is 17.2 Å². The topological polar surface area (TPSA) is 178 Å². The van der Waals surface area contributed by atoms with E-state index in [9.17, 15) is 29.1 Å². The molecule has 0 aromatic heterocycles. The van der Waals surface area contributed by atoms with E-state index in [1.807, 2.05) is 19.1 Å². The van der Waals surface area contributed by atoms with Gasteiger partial charge in [-0.3, -0.25) is 24.1 Å². The number of nitrogens with one attached hydrogen (secondary N) is 1. The van der Waals surface area contributed by atoms with Gasteiger partial charge in [-0.25, -0.2) is 4.79 Å². The van der Waals surface area contributed by atoms with Crippen molar-refractivity contribution in [2.75, 3.05) is 42.4 Å². The van der Waals surface area contributed by atoms with Gasteiger partial charge in [-0.1, -0.05) is 52.0 Å². The maximum Gasteiger partial charge on any atom is 0.328 e. The molecule has 0 unspecified atom stereocenters. The summed E-state index contributed by atoms with van der Waals surface area (Å²) in [7, 11) is 9.25. The number of esters is 2. The Balaban J connectivity index is 1.92. The third-order valence-corrected chi connectivity index (χ3v) is 10.5. The highest BCUT2D eigenvalue weighted by Gasteiger charge is 2.40. The highest BCUT2D eigenvalue weighted by atomic mass is 16.6. The lowest BCUT2D eigenvalue weighted by atomic mass is 9.96. The predicted octanol–water partition coefficient (Wildman–Crippen LogP) is 3.72. The first-order valence-corrected chi connectivity index (χ1v) is 19.4. The van der Waals surface area contributed by atoms with Crippen molar-refractivity contribution in [2.24, 2.45) is 11.8 Å². The third-order valence-electron chi connectivity index (χ3n) is 10.5. The molecular weight excluding hydrogens is 745 g/mol. The summed E-state index contributed by atoms with van der Waals surface area (Å²) in [6, 6.07) is 16.0. The van der Waals surface area contributed by atoms with E-state index in [-0.39, 0.29) is 18.6 Å². The fourth-order valence-electron chi connectivity index (χ4n) is 6.44. The Hall–Kier alpha value is -5.63. The van der Waals surface area contributed by atoms with E-state index < -0.39 is 71.8 Å². The quantitative estimate of drug-likeness (QED) is 0.126. The largest absolute Gasteiger partial charge is 0.593 e. The van der Waals surface area contributed by atoms with E-state index in [2.05, 4.69) is 5.32 Å². The molecule has 0 bridgehead atoms. The molecule has 0 spiro atoms. The van der Waals surface area contributed by atoms with Gasteiger partial charge >= 0.3 is 11.9 Å². The van der Waals surface area contributed by atoms with Gasteiger partial charge in [0.1, 0.15) is 35.7 Å². The Morgan fingerprint density at radius 3 is 1.66 bits per heavy atom. The van der Waals surface area contributed by atoms with Crippen LogP contribution in [0.3, 0.4) is 0 Å². The van der Waals surface area contributed by atoms with E-state index in [0.717, 1.165) is 5.56 Å². The Labute approximate surface area is 342 Å². The second-order valence-electron chi connectivity index (χ2n) is 15.2. The zero-order chi connectivity index (χ0) is 43.3. The highest BCUT2D eigenvalue weighted by molar-refractivity contribution is 5.95. The Morgan fingerprint density at radius 2 is 1.17 bits per heavy atom. The lowest BCUT2D eigenvalue weighted by Gasteiger charge is -2.36. The third kappa shape index (κ3) is 12.7. The summed E-state index contributed by atoms with van der Waals surface area (Å²) in [5.41, 5.74) is 2.20. The van der Waals surface area contributed by atoms with E-state index in [1.54, 1.807) is 95.4 Å². The first-order valence-electron chi connectivity index (χ1n) is 19.4. The standard InChI is InChI=1S/C44H60N4O10/c1-11-28(4)39(58-44(55)36(46(5)6)25-31-16-22-34(56-9)23-17-31)40(51)45-38(27(2)3)42(53)47(7)35(24-29-12-18-32(49)19-13-29)41(52)48(8)37(43(54)57-10)26-30-14-20-33(50)21-15-30/h12-23,27-28,35-39,49-50H,11,24-26H2,1-10H3,(H,45,51)/p+1/t28-,35+,36+,37+,38+,39-/m1/s1. The number of amides is 3. The fraction of sp³-hybridized carbons (Fsp3) is 0.477. The molecule has 3 aromatic rings. The number of carbonyl (C=O) groups is 5. The number of aromatic hydroxyl groups is 1. The molecule has 0 radical (unpaired) electrons. The molecule has 0 aliphatic carbocycles. The summed E-state index contributed by atoms with van der Waals surface area (Å²) in [4.78, 5) is 74.3. The molecule has 14 nitrogen and oxygen atoms in total. The van der Waals surface area contributed by atoms with Gasteiger partial charge in [0.15, 0.2) is 6.10 Å². The maximum absolute atomic E-state index is 14.5. The SMILES string of the molecule is CC[C@@H](C)[C@@H](OC(=O)[C@H](Cc1ccc(OC)cc1)N(C)C)C(=O)N[C@H](C(=O)N(C)[C@@H](Cc1ccc(O)cc1)C(=O)N(C)[C@@H](Cc1ccc([OH2+])cc1)C(=O)OC)C(C)C. The van der Waals surface area contributed by atoms with E-state index in [0.29, 0.717) is 35.5 Å². The summed E-state index contributed by atoms with van der Waals surface area (Å²) in [6.07, 6.45) is -0.295. The van der Waals surface area contributed by atoms with Crippen LogP contribution >= 0.6 is 0 Å². The van der Waals surface area contributed by atoms with Gasteiger partial charge in [0.25, 0.3) is 11.7 Å². The van der Waals surface area contributed by atoms with Crippen LogP contribution in [0.1, 0.15) is 50.8 Å². The minimum absolute atomic E-state index is 0.0130. The lowest BCUT2D eigenvalue weighted by molar-refractivity contribution is -0.164. The second-order valence-corrected chi connectivity index (χ2v) is 15.2. The fourth-order valence-corrected chi connectivity index (χ4v) is 6.44. The minimum atomic E-state index is -1.22. The number of phenolic OH excluding ortho intramolecular Hbond substituents is 1. The molecule has 0 fully saturated rings. The van der Waals surface area contributed by atoms with E-state index >= 15 is 0 Å². The summed E-state index contributed by atoms with van der Waals surface area (Å²) in [5, 5.41) is 20.6. The average Bonchev–Trinajstić information content (AvgIpc) is 3.21. The van der Waals surface area contributed by atoms with Gasteiger partial charge in [-0.15, -0.1) is 0 Å². The summed E-state index contributed by atoms with van der Waals surface area (Å²) >= 11 is 0. The molecule has 4 N–H and O–H groups in total. The first-order chi connectivity index (χ1) is 27.4. The van der Waals surface area contributed by atoms with Crippen molar-refractivity contribution in [3.63, 3.8) is 0 Å². The van der Waals surface area contributed by atoms with Crippen LogP contribution < -0.4 is 10.1 Å². The molecule has 0 aliphatic rings. The maximum atomic E-state index is 14.5. The highest BCUT2D eigenvalue weighted by Crippen LogP contribution is 2.22. The number of hydrogen-bond donors (Lipinski definition) is 2. The van der Waals surface area contributed by atoms with Crippen molar-refractivity contribution in [1.29, 1.82) is 0 Å². The van der Waals surface area contributed by atoms with Crippen LogP contribution in [0.25, 0.3) is 0 Å². The first kappa shape index (κ1) is 46.8. The van der Waals surface area contributed by atoms with Crippen molar-refractivity contribution in [3.05, 3.63) is 89.5 Å². The molecule has 0 saturated carbocycles. The van der Waals surface area contributed by atoms with E-state index in [1.165, 1.54) is 43.1 Å². The number of carbonyl (C=O) groups excluding carboxylic acids is 5. The molecule has 3 rings (SSSR count). The Kier molecular flexibility index (Phi) is 17.5. The van der Waals surface area contributed by atoms with Crippen LogP contribution in [-0.2, 0) is 52.7 Å². The average molecular weight is 806 g/mol. The summed E-state index contributed by atoms with van der Waals surface area (Å²) < 4.78 is 16.3. The Morgan fingerprint density at radius 1 is 0.690 bits per heavy atom. The summed E-state index contributed by atoms with van der Waals surface area (Å²) in [6.45, 7) is 7.19. The molecule has 316 valence electrons. The molecule has 0 heterocycles. The van der Waals surface area contributed by atoms with E-state index in [4.69, 9.17) is 19.3 Å². The number of hydrogen-bond acceptors (Lipinski definition) is 10. The van der Waals surface area contributed by atoms with Crippen LogP contribution in [0, 0.1) is 11.8 Å². The molecule has 14 heteroatoms.